The van der Waals surface area contributed by atoms with Gasteiger partial charge in [0.15, 0.2) is 6.61 Å². The quantitative estimate of drug-likeness (QED) is 0.904. The van der Waals surface area contributed by atoms with Crippen LogP contribution in [0, 0.1) is 13.8 Å². The molecule has 0 radical (unpaired) electrons. The van der Waals surface area contributed by atoms with Crippen molar-refractivity contribution in [1.82, 2.24) is 0 Å². The van der Waals surface area contributed by atoms with Gasteiger partial charge in [-0.2, -0.15) is 0 Å². The zero-order valence-corrected chi connectivity index (χ0v) is 12.2. The fourth-order valence-electron chi connectivity index (χ4n) is 1.80. The molecule has 0 bridgehead atoms. The van der Waals surface area contributed by atoms with Gasteiger partial charge in [-0.15, -0.1) is 11.3 Å². The number of ether oxygens (including phenoxy) is 1. The lowest BCUT2D eigenvalue weighted by Gasteiger charge is -2.07. The Morgan fingerprint density at radius 1 is 1.25 bits per heavy atom. The van der Waals surface area contributed by atoms with Gasteiger partial charge in [0.1, 0.15) is 5.75 Å². The van der Waals surface area contributed by atoms with Crippen molar-refractivity contribution in [3.05, 3.63) is 51.2 Å². The van der Waals surface area contributed by atoms with Gasteiger partial charge in [-0.3, -0.25) is 0 Å². The predicted molar refractivity (Wildman–Crippen MR) is 82.3 cm³/mol. The maximum Gasteiger partial charge on any atom is 0.341 e. The van der Waals surface area contributed by atoms with Gasteiger partial charge in [0.2, 0.25) is 0 Å². The lowest BCUT2D eigenvalue weighted by atomic mass is 10.1. The maximum absolute atomic E-state index is 10.5. The number of benzene rings is 1. The van der Waals surface area contributed by atoms with Crippen molar-refractivity contribution in [2.75, 3.05) is 6.61 Å². The second kappa shape index (κ2) is 6.39. The number of aryl methyl sites for hydroxylation is 2. The lowest BCUT2D eigenvalue weighted by molar-refractivity contribution is -0.139. The van der Waals surface area contributed by atoms with E-state index in [9.17, 15) is 4.79 Å². The normalized spacial score (nSPS) is 10.9. The molecule has 20 heavy (non-hydrogen) atoms. The highest BCUT2D eigenvalue weighted by atomic mass is 32.1. The van der Waals surface area contributed by atoms with Crippen molar-refractivity contribution < 1.29 is 14.6 Å². The van der Waals surface area contributed by atoms with Crippen LogP contribution < -0.4 is 4.74 Å². The minimum Gasteiger partial charge on any atom is -0.482 e. The Kier molecular flexibility index (Phi) is 4.58. The Hall–Kier alpha value is -2.07. The Balaban J connectivity index is 2.11. The Morgan fingerprint density at radius 2 is 2.05 bits per heavy atom. The number of carbonyl (C=O) groups is 1. The van der Waals surface area contributed by atoms with Gasteiger partial charge in [-0.25, -0.2) is 4.79 Å². The Bertz CT molecular complexity index is 641. The molecule has 0 saturated carbocycles. The van der Waals surface area contributed by atoms with Gasteiger partial charge in [-0.05, 0) is 60.2 Å². The molecule has 0 aliphatic heterocycles. The summed E-state index contributed by atoms with van der Waals surface area (Å²) in [7, 11) is 0. The van der Waals surface area contributed by atoms with Gasteiger partial charge in [0.05, 0.1) is 0 Å². The molecular weight excluding hydrogens is 272 g/mol. The number of thiophene rings is 1. The second-order valence-electron chi connectivity index (χ2n) is 4.51. The van der Waals surface area contributed by atoms with Crippen LogP contribution in [0.1, 0.15) is 21.6 Å². The third-order valence-electron chi connectivity index (χ3n) is 2.88. The van der Waals surface area contributed by atoms with E-state index < -0.39 is 5.97 Å². The molecule has 4 heteroatoms. The SMILES string of the molecule is Cc1cc(/C=C/c2sccc2C)ccc1OCC(=O)O. The van der Waals surface area contributed by atoms with E-state index in [1.54, 1.807) is 17.4 Å². The first kappa shape index (κ1) is 14.3. The Morgan fingerprint density at radius 3 is 2.65 bits per heavy atom. The summed E-state index contributed by atoms with van der Waals surface area (Å²) < 4.78 is 5.20. The average molecular weight is 288 g/mol. The molecule has 0 fully saturated rings. The number of carboxylic acid groups (broad SMARTS) is 1. The van der Waals surface area contributed by atoms with Gasteiger partial charge in [0.25, 0.3) is 0 Å². The van der Waals surface area contributed by atoms with E-state index in [4.69, 9.17) is 9.84 Å². The number of hydrogen-bond donors (Lipinski definition) is 1. The van der Waals surface area contributed by atoms with Crippen LogP contribution in [0.4, 0.5) is 0 Å². The number of aliphatic carboxylic acids is 1. The van der Waals surface area contributed by atoms with Crippen LogP contribution in [0.2, 0.25) is 0 Å². The highest BCUT2D eigenvalue weighted by Gasteiger charge is 2.03. The summed E-state index contributed by atoms with van der Waals surface area (Å²) in [5, 5.41) is 10.7. The molecule has 1 N–H and O–H groups in total. The molecule has 1 aromatic carbocycles. The van der Waals surface area contributed by atoms with E-state index in [1.807, 2.05) is 25.1 Å². The zero-order chi connectivity index (χ0) is 14.5. The summed E-state index contributed by atoms with van der Waals surface area (Å²) >= 11 is 1.71. The summed E-state index contributed by atoms with van der Waals surface area (Å²) in [5.74, 6) is -0.363. The van der Waals surface area contributed by atoms with Crippen LogP contribution in [0.15, 0.2) is 29.6 Å². The molecule has 0 unspecified atom stereocenters. The fraction of sp³-hybridized carbons (Fsp3) is 0.188. The van der Waals surface area contributed by atoms with E-state index in [0.717, 1.165) is 11.1 Å². The average Bonchev–Trinajstić information content (AvgIpc) is 2.80. The topological polar surface area (TPSA) is 46.5 Å². The molecule has 0 atom stereocenters. The van der Waals surface area contributed by atoms with E-state index in [-0.39, 0.29) is 6.61 Å². The summed E-state index contributed by atoms with van der Waals surface area (Å²) in [4.78, 5) is 11.7. The maximum atomic E-state index is 10.5. The molecule has 0 spiro atoms. The number of hydrogen-bond acceptors (Lipinski definition) is 3. The van der Waals surface area contributed by atoms with Crippen molar-refractivity contribution in [3.8, 4) is 5.75 Å². The van der Waals surface area contributed by atoms with Crippen molar-refractivity contribution in [2.24, 2.45) is 0 Å². The van der Waals surface area contributed by atoms with Crippen LogP contribution >= 0.6 is 11.3 Å². The minimum atomic E-state index is -0.971. The van der Waals surface area contributed by atoms with Crippen LogP contribution in [-0.4, -0.2) is 17.7 Å². The molecule has 2 rings (SSSR count). The van der Waals surface area contributed by atoms with Crippen molar-refractivity contribution >= 4 is 29.5 Å². The predicted octanol–water partition coefficient (Wildman–Crippen LogP) is 4.00. The summed E-state index contributed by atoms with van der Waals surface area (Å²) in [6.45, 7) is 3.68. The molecular formula is C16H16O3S. The number of rotatable bonds is 5. The zero-order valence-electron chi connectivity index (χ0n) is 11.4. The molecule has 0 saturated heterocycles. The van der Waals surface area contributed by atoms with Gasteiger partial charge >= 0.3 is 5.97 Å². The van der Waals surface area contributed by atoms with Crippen LogP contribution in [0.3, 0.4) is 0 Å². The van der Waals surface area contributed by atoms with Crippen molar-refractivity contribution in [3.63, 3.8) is 0 Å². The molecule has 0 aliphatic carbocycles. The van der Waals surface area contributed by atoms with Gasteiger partial charge in [-0.1, -0.05) is 12.1 Å². The highest BCUT2D eigenvalue weighted by Crippen LogP contribution is 2.22. The smallest absolute Gasteiger partial charge is 0.341 e. The molecule has 0 aliphatic rings. The van der Waals surface area contributed by atoms with Crippen molar-refractivity contribution in [2.45, 2.75) is 13.8 Å². The Labute approximate surface area is 122 Å². The summed E-state index contributed by atoms with van der Waals surface area (Å²) in [5.41, 5.74) is 3.26. The summed E-state index contributed by atoms with van der Waals surface area (Å²) in [6.07, 6.45) is 4.14. The monoisotopic (exact) mass is 288 g/mol. The molecule has 3 nitrogen and oxygen atoms in total. The minimum absolute atomic E-state index is 0.315. The standard InChI is InChI=1S/C16H16O3S/c1-11-7-8-20-15(11)6-4-13-3-5-14(12(2)9-13)19-10-16(17)18/h3-9H,10H2,1-2H3,(H,17,18)/b6-4+. The molecule has 1 aromatic heterocycles. The third-order valence-corrected chi connectivity index (χ3v) is 3.86. The van der Waals surface area contributed by atoms with E-state index in [0.29, 0.717) is 5.75 Å². The van der Waals surface area contributed by atoms with E-state index in [1.165, 1.54) is 10.4 Å². The van der Waals surface area contributed by atoms with Gasteiger partial charge < -0.3 is 9.84 Å². The first-order valence-corrected chi connectivity index (χ1v) is 7.11. The third kappa shape index (κ3) is 3.71. The van der Waals surface area contributed by atoms with Crippen LogP contribution in [0.5, 0.6) is 5.75 Å². The molecule has 0 amide bonds. The largest absolute Gasteiger partial charge is 0.482 e. The van der Waals surface area contributed by atoms with Crippen LogP contribution in [0.25, 0.3) is 12.2 Å². The highest BCUT2D eigenvalue weighted by molar-refractivity contribution is 7.11. The number of carboxylic acids is 1. The lowest BCUT2D eigenvalue weighted by Crippen LogP contribution is -2.10. The molecule has 2 aromatic rings. The van der Waals surface area contributed by atoms with E-state index in [2.05, 4.69) is 24.4 Å². The molecule has 104 valence electrons. The van der Waals surface area contributed by atoms with Gasteiger partial charge in [0, 0.05) is 4.88 Å². The van der Waals surface area contributed by atoms with E-state index >= 15 is 0 Å². The fourth-order valence-corrected chi connectivity index (χ4v) is 2.62. The molecule has 1 heterocycles. The van der Waals surface area contributed by atoms with Crippen LogP contribution in [-0.2, 0) is 4.79 Å². The first-order valence-electron chi connectivity index (χ1n) is 6.23. The first-order chi connectivity index (χ1) is 9.56. The van der Waals surface area contributed by atoms with Crippen molar-refractivity contribution in [1.29, 1.82) is 0 Å². The summed E-state index contributed by atoms with van der Waals surface area (Å²) in [6, 6.07) is 7.80. The second-order valence-corrected chi connectivity index (χ2v) is 5.46.